The Morgan fingerprint density at radius 2 is 1.95 bits per heavy atom. The van der Waals surface area contributed by atoms with Crippen molar-refractivity contribution in [2.24, 2.45) is 7.05 Å². The van der Waals surface area contributed by atoms with Crippen molar-refractivity contribution in [2.75, 3.05) is 38.7 Å². The molecule has 0 saturated carbocycles. The molecule has 210 valence electrons. The van der Waals surface area contributed by atoms with Gasteiger partial charge in [-0.1, -0.05) is 36.4 Å². The third-order valence-electron chi connectivity index (χ3n) is 7.63. The Bertz CT molecular complexity index is 1480. The van der Waals surface area contributed by atoms with Gasteiger partial charge in [-0.25, -0.2) is 13.9 Å². The van der Waals surface area contributed by atoms with Gasteiger partial charge >= 0.3 is 6.03 Å². The van der Waals surface area contributed by atoms with Gasteiger partial charge in [0.25, 0.3) is 0 Å². The van der Waals surface area contributed by atoms with Crippen LogP contribution in [0.1, 0.15) is 29.5 Å². The molecule has 1 saturated heterocycles. The molecule has 3 aromatic rings. The van der Waals surface area contributed by atoms with E-state index in [9.17, 15) is 14.0 Å². The molecule has 0 spiro atoms. The molecule has 2 amide bonds. The van der Waals surface area contributed by atoms with Crippen LogP contribution in [-0.2, 0) is 11.8 Å². The number of likely N-dealkylation sites (tertiary alicyclic amines) is 1. The summed E-state index contributed by atoms with van der Waals surface area (Å²) in [6.07, 6.45) is 10.6. The molecular weight excluding hydrogens is 511 g/mol. The number of hydrogen-bond donors (Lipinski definition) is 2. The lowest BCUT2D eigenvalue weighted by Gasteiger charge is -2.22. The average Bonchev–Trinajstić information content (AvgIpc) is 3.50. The van der Waals surface area contributed by atoms with Gasteiger partial charge in [0.2, 0.25) is 5.56 Å². The topological polar surface area (TPSA) is 93.4 Å². The normalized spacial score (nSPS) is 20.6. The van der Waals surface area contributed by atoms with Crippen LogP contribution in [-0.4, -0.2) is 64.7 Å². The lowest BCUT2D eigenvalue weighted by atomic mass is 9.94. The first-order valence-corrected chi connectivity index (χ1v) is 13.5. The Morgan fingerprint density at radius 3 is 2.65 bits per heavy atom. The van der Waals surface area contributed by atoms with Crippen molar-refractivity contribution in [1.29, 1.82) is 0 Å². The summed E-state index contributed by atoms with van der Waals surface area (Å²) in [5.74, 6) is 0.311. The molecule has 2 aliphatic rings. The molecule has 1 unspecified atom stereocenters. The van der Waals surface area contributed by atoms with Gasteiger partial charge in [-0.05, 0) is 37.1 Å². The van der Waals surface area contributed by atoms with Crippen molar-refractivity contribution in [1.82, 2.24) is 24.6 Å². The summed E-state index contributed by atoms with van der Waals surface area (Å²) >= 11 is 0. The molecule has 1 aromatic carbocycles. The molecule has 2 aromatic heterocycles. The van der Waals surface area contributed by atoms with Crippen molar-refractivity contribution in [3.63, 3.8) is 0 Å². The maximum absolute atomic E-state index is 13.6. The number of nitrogens with zero attached hydrogens (tertiary/aromatic N) is 4. The van der Waals surface area contributed by atoms with Gasteiger partial charge in [0.15, 0.2) is 0 Å². The van der Waals surface area contributed by atoms with E-state index in [1.165, 1.54) is 22.8 Å². The number of anilines is 1. The molecule has 5 rings (SSSR count). The summed E-state index contributed by atoms with van der Waals surface area (Å²) in [6, 6.07) is 9.17. The highest BCUT2D eigenvalue weighted by atomic mass is 19.1. The summed E-state index contributed by atoms with van der Waals surface area (Å²) in [6.45, 7) is 4.63. The fourth-order valence-electron chi connectivity index (χ4n) is 5.46. The number of aryl methyl sites for hydroxylation is 1. The molecule has 1 fully saturated rings. The quantitative estimate of drug-likeness (QED) is 0.446. The molecule has 1 aliphatic carbocycles. The Kier molecular flexibility index (Phi) is 8.27. The van der Waals surface area contributed by atoms with Crippen LogP contribution in [0.4, 0.5) is 15.0 Å². The highest BCUT2D eigenvalue weighted by Gasteiger charge is 2.35. The lowest BCUT2D eigenvalue weighted by Crippen LogP contribution is -2.42. The average molecular weight is 547 g/mol. The second-order valence-corrected chi connectivity index (χ2v) is 10.4. The van der Waals surface area contributed by atoms with Gasteiger partial charge in [-0.15, -0.1) is 0 Å². The summed E-state index contributed by atoms with van der Waals surface area (Å²) in [5.41, 5.74) is 3.16. The van der Waals surface area contributed by atoms with E-state index in [0.29, 0.717) is 24.7 Å². The minimum Gasteiger partial charge on any atom is -0.383 e. The lowest BCUT2D eigenvalue weighted by molar-refractivity contribution is 0.159. The van der Waals surface area contributed by atoms with E-state index in [0.717, 1.165) is 36.2 Å². The minimum atomic E-state index is -0.336. The molecule has 3 atom stereocenters. The molecule has 3 heterocycles. The maximum Gasteiger partial charge on any atom is 0.320 e. The number of amides is 2. The summed E-state index contributed by atoms with van der Waals surface area (Å²) < 4.78 is 22.2. The van der Waals surface area contributed by atoms with Crippen molar-refractivity contribution in [3.8, 4) is 11.3 Å². The van der Waals surface area contributed by atoms with Crippen LogP contribution < -0.4 is 16.2 Å². The number of benzene rings is 1. The molecule has 10 heteroatoms. The SMILES string of the molecule is COCCN1C[C@@H](NC(=O)Nc2c(C)c(-c3ccc(=O)n(C)c3)nn2C2C=CC=CC2)[C@H](c2ccc(F)cc2)C1. The van der Waals surface area contributed by atoms with Gasteiger partial charge in [-0.2, -0.15) is 5.10 Å². The molecule has 2 N–H and O–H groups in total. The highest BCUT2D eigenvalue weighted by molar-refractivity contribution is 5.90. The number of urea groups is 1. The zero-order chi connectivity index (χ0) is 28.2. The number of carbonyl (C=O) groups excluding carboxylic acids is 1. The number of methoxy groups -OCH3 is 1. The maximum atomic E-state index is 13.6. The van der Waals surface area contributed by atoms with Gasteiger partial charge in [0.1, 0.15) is 11.6 Å². The zero-order valence-electron chi connectivity index (χ0n) is 23.0. The second kappa shape index (κ2) is 12.0. The fraction of sp³-hybridized carbons (Fsp3) is 0.367. The standard InChI is InChI=1S/C30H35FN6O3/c1-20-28(22-11-14-27(38)35(2)17-22)34-37(24-7-5-4-6-8-24)29(20)33-30(39)32-26-19-36(15-16-40-3)18-25(26)21-9-12-23(31)13-10-21/h4-7,9-14,17,24-26H,8,15-16,18-19H2,1-3H3,(H2,32,33,39)/t24?,25-,26+/m0/s1. The fourth-order valence-corrected chi connectivity index (χ4v) is 5.46. The molecule has 0 bridgehead atoms. The molecule has 1 aliphatic heterocycles. The second-order valence-electron chi connectivity index (χ2n) is 10.4. The number of carbonyl (C=O) groups is 1. The Labute approximate surface area is 232 Å². The van der Waals surface area contributed by atoms with E-state index in [1.807, 2.05) is 23.8 Å². The number of pyridine rings is 1. The summed E-state index contributed by atoms with van der Waals surface area (Å²) in [5, 5.41) is 11.1. The van der Waals surface area contributed by atoms with Crippen molar-refractivity contribution >= 4 is 11.8 Å². The minimum absolute atomic E-state index is 0.00166. The number of rotatable bonds is 8. The van der Waals surface area contributed by atoms with Gasteiger partial charge in [-0.3, -0.25) is 15.0 Å². The Balaban J connectivity index is 1.41. The number of ether oxygens (including phenoxy) is 1. The van der Waals surface area contributed by atoms with Crippen LogP contribution in [0.15, 0.2) is 71.7 Å². The smallest absolute Gasteiger partial charge is 0.320 e. The first-order chi connectivity index (χ1) is 19.3. The number of aromatic nitrogens is 3. The van der Waals surface area contributed by atoms with E-state index in [2.05, 4.69) is 27.7 Å². The van der Waals surface area contributed by atoms with E-state index in [1.54, 1.807) is 38.6 Å². The first kappa shape index (κ1) is 27.5. The highest BCUT2D eigenvalue weighted by Crippen LogP contribution is 2.33. The monoisotopic (exact) mass is 546 g/mol. The number of allylic oxidation sites excluding steroid dienone is 4. The van der Waals surface area contributed by atoms with E-state index >= 15 is 0 Å². The van der Waals surface area contributed by atoms with Crippen molar-refractivity contribution in [2.45, 2.75) is 31.3 Å². The van der Waals surface area contributed by atoms with Gasteiger partial charge in [0.05, 0.1) is 24.4 Å². The molecular formula is C30H35FN6O3. The van der Waals surface area contributed by atoms with E-state index in [-0.39, 0.29) is 35.4 Å². The Hall–Kier alpha value is -4.02. The van der Waals surface area contributed by atoms with Crippen LogP contribution >= 0.6 is 0 Å². The van der Waals surface area contributed by atoms with Crippen molar-refractivity contribution < 1.29 is 13.9 Å². The Morgan fingerprint density at radius 1 is 1.15 bits per heavy atom. The van der Waals surface area contributed by atoms with E-state index in [4.69, 9.17) is 9.84 Å². The predicted octanol–water partition coefficient (Wildman–Crippen LogP) is 3.99. The van der Waals surface area contributed by atoms with Crippen LogP contribution in [0.5, 0.6) is 0 Å². The van der Waals surface area contributed by atoms with E-state index < -0.39 is 0 Å². The zero-order valence-corrected chi connectivity index (χ0v) is 23.0. The van der Waals surface area contributed by atoms with Crippen LogP contribution in [0.3, 0.4) is 0 Å². The molecule has 9 nitrogen and oxygen atoms in total. The van der Waals surface area contributed by atoms with Crippen LogP contribution in [0, 0.1) is 12.7 Å². The largest absolute Gasteiger partial charge is 0.383 e. The van der Waals surface area contributed by atoms with Crippen LogP contribution in [0.25, 0.3) is 11.3 Å². The molecule has 40 heavy (non-hydrogen) atoms. The third kappa shape index (κ3) is 5.93. The third-order valence-corrected chi connectivity index (χ3v) is 7.63. The summed E-state index contributed by atoms with van der Waals surface area (Å²) in [4.78, 5) is 27.7. The number of halogens is 1. The van der Waals surface area contributed by atoms with Crippen LogP contribution in [0.2, 0.25) is 0 Å². The number of nitrogens with one attached hydrogen (secondary N) is 2. The van der Waals surface area contributed by atoms with Gasteiger partial charge in [0, 0.05) is 63.1 Å². The first-order valence-electron chi connectivity index (χ1n) is 13.5. The predicted molar refractivity (Wildman–Crippen MR) is 153 cm³/mol. The number of hydrogen-bond acceptors (Lipinski definition) is 5. The van der Waals surface area contributed by atoms with Crippen molar-refractivity contribution in [3.05, 3.63) is 94.2 Å². The summed E-state index contributed by atoms with van der Waals surface area (Å²) in [7, 11) is 3.37. The van der Waals surface area contributed by atoms with Gasteiger partial charge < -0.3 is 14.6 Å². The molecule has 0 radical (unpaired) electrons.